The van der Waals surface area contributed by atoms with Gasteiger partial charge in [0.15, 0.2) is 10.2 Å². The van der Waals surface area contributed by atoms with E-state index in [1.807, 2.05) is 61.5 Å². The van der Waals surface area contributed by atoms with Crippen LogP contribution >= 0.6 is 23.6 Å². The summed E-state index contributed by atoms with van der Waals surface area (Å²) in [6.45, 7) is 1.86. The second-order valence-electron chi connectivity index (χ2n) is 5.92. The first-order valence-electron chi connectivity index (χ1n) is 8.12. The molecule has 3 aromatic rings. The minimum atomic E-state index is -0.306. The predicted molar refractivity (Wildman–Crippen MR) is 109 cm³/mol. The van der Waals surface area contributed by atoms with Crippen molar-refractivity contribution in [1.29, 1.82) is 0 Å². The molecule has 130 valence electrons. The van der Waals surface area contributed by atoms with E-state index in [9.17, 15) is 4.79 Å². The van der Waals surface area contributed by atoms with Crippen molar-refractivity contribution in [2.45, 2.75) is 13.0 Å². The van der Waals surface area contributed by atoms with Crippen LogP contribution in [0.4, 0.5) is 5.13 Å². The van der Waals surface area contributed by atoms with Gasteiger partial charge in [0, 0.05) is 5.70 Å². The first-order chi connectivity index (χ1) is 12.6. The number of para-hydroxylation sites is 1. The zero-order valence-electron chi connectivity index (χ0n) is 13.9. The Morgan fingerprint density at radius 1 is 1.15 bits per heavy atom. The van der Waals surface area contributed by atoms with E-state index in [0.717, 1.165) is 21.5 Å². The van der Waals surface area contributed by atoms with Gasteiger partial charge in [0.05, 0.1) is 21.8 Å². The number of benzene rings is 2. The molecule has 1 aliphatic heterocycles. The Hall–Kier alpha value is -2.77. The van der Waals surface area contributed by atoms with Crippen molar-refractivity contribution < 1.29 is 4.79 Å². The highest BCUT2D eigenvalue weighted by atomic mass is 32.1. The van der Waals surface area contributed by atoms with Gasteiger partial charge in [-0.3, -0.25) is 10.1 Å². The zero-order chi connectivity index (χ0) is 18.1. The van der Waals surface area contributed by atoms with E-state index in [1.165, 1.54) is 11.3 Å². The molecule has 2 aromatic carbocycles. The van der Waals surface area contributed by atoms with Crippen LogP contribution in [-0.2, 0) is 4.79 Å². The lowest BCUT2D eigenvalue weighted by Gasteiger charge is -2.30. The summed E-state index contributed by atoms with van der Waals surface area (Å²) in [4.78, 5) is 17.5. The standard InChI is InChI=1S/C19H16N4OS2/c1-11-15(16(22-18(25)20-11)12-7-3-2-4-8-12)17(24)23-19-21-13-9-5-6-10-14(13)26-19/h2-10,16H,1H3,(H2,20,22,25)(H,21,23,24). The second kappa shape index (κ2) is 6.86. The number of nitrogens with zero attached hydrogens (tertiary/aromatic N) is 1. The highest BCUT2D eigenvalue weighted by Crippen LogP contribution is 2.30. The Balaban J connectivity index is 1.67. The summed E-state index contributed by atoms with van der Waals surface area (Å²) in [5.41, 5.74) is 3.19. The van der Waals surface area contributed by atoms with Gasteiger partial charge in [0.25, 0.3) is 5.91 Å². The monoisotopic (exact) mass is 380 g/mol. The van der Waals surface area contributed by atoms with E-state index in [2.05, 4.69) is 20.9 Å². The zero-order valence-corrected chi connectivity index (χ0v) is 15.6. The number of thiocarbonyl (C=S) groups is 1. The molecule has 0 radical (unpaired) electrons. The van der Waals surface area contributed by atoms with Crippen molar-refractivity contribution in [3.63, 3.8) is 0 Å². The van der Waals surface area contributed by atoms with Crippen LogP contribution in [0.1, 0.15) is 18.5 Å². The minimum absolute atomic E-state index is 0.196. The fourth-order valence-corrected chi connectivity index (χ4v) is 4.11. The Labute approximate surface area is 160 Å². The van der Waals surface area contributed by atoms with Crippen LogP contribution in [0.3, 0.4) is 0 Å². The molecule has 0 aliphatic carbocycles. The van der Waals surface area contributed by atoms with Crippen LogP contribution in [0.5, 0.6) is 0 Å². The number of anilines is 1. The Morgan fingerprint density at radius 3 is 2.65 bits per heavy atom. The number of carbonyl (C=O) groups is 1. The quantitative estimate of drug-likeness (QED) is 0.604. The summed E-state index contributed by atoms with van der Waals surface area (Å²) >= 11 is 6.73. The van der Waals surface area contributed by atoms with Gasteiger partial charge >= 0.3 is 0 Å². The number of allylic oxidation sites excluding steroid dienone is 1. The molecule has 0 saturated carbocycles. The van der Waals surface area contributed by atoms with Gasteiger partial charge in [-0.05, 0) is 36.8 Å². The average Bonchev–Trinajstić information content (AvgIpc) is 3.03. The molecule has 1 atom stereocenters. The summed E-state index contributed by atoms with van der Waals surface area (Å²) in [6, 6.07) is 17.3. The molecule has 1 aromatic heterocycles. The fraction of sp³-hybridized carbons (Fsp3) is 0.105. The number of amides is 1. The van der Waals surface area contributed by atoms with Crippen LogP contribution in [0.25, 0.3) is 10.2 Å². The lowest BCUT2D eigenvalue weighted by atomic mass is 9.95. The molecular formula is C19H16N4OS2. The lowest BCUT2D eigenvalue weighted by molar-refractivity contribution is -0.113. The van der Waals surface area contributed by atoms with Gasteiger partial charge in [0.1, 0.15) is 0 Å². The molecule has 7 heteroatoms. The molecule has 0 spiro atoms. The van der Waals surface area contributed by atoms with E-state index in [0.29, 0.717) is 15.8 Å². The van der Waals surface area contributed by atoms with E-state index < -0.39 is 0 Å². The molecule has 2 heterocycles. The topological polar surface area (TPSA) is 66.0 Å². The Bertz CT molecular complexity index is 993. The molecule has 0 bridgehead atoms. The molecule has 3 N–H and O–H groups in total. The number of carbonyl (C=O) groups excluding carboxylic acids is 1. The van der Waals surface area contributed by atoms with Crippen molar-refractivity contribution >= 4 is 49.9 Å². The van der Waals surface area contributed by atoms with Gasteiger partial charge in [0.2, 0.25) is 0 Å². The molecule has 1 amide bonds. The first kappa shape index (κ1) is 16.7. The number of aromatic nitrogens is 1. The van der Waals surface area contributed by atoms with E-state index in [4.69, 9.17) is 12.2 Å². The number of hydrogen-bond donors (Lipinski definition) is 3. The third-order valence-electron chi connectivity index (χ3n) is 4.16. The number of hydrogen-bond acceptors (Lipinski definition) is 4. The van der Waals surface area contributed by atoms with Crippen LogP contribution < -0.4 is 16.0 Å². The van der Waals surface area contributed by atoms with Crippen molar-refractivity contribution in [2.75, 3.05) is 5.32 Å². The maximum atomic E-state index is 13.0. The maximum absolute atomic E-state index is 13.0. The molecular weight excluding hydrogens is 364 g/mol. The van der Waals surface area contributed by atoms with Crippen molar-refractivity contribution in [1.82, 2.24) is 15.6 Å². The number of fused-ring (bicyclic) bond motifs is 1. The Kier molecular flexibility index (Phi) is 4.40. The van der Waals surface area contributed by atoms with E-state index in [-0.39, 0.29) is 11.9 Å². The first-order valence-corrected chi connectivity index (χ1v) is 9.34. The van der Waals surface area contributed by atoms with Crippen molar-refractivity contribution in [3.8, 4) is 0 Å². The summed E-state index contributed by atoms with van der Waals surface area (Å²) < 4.78 is 1.04. The number of nitrogens with one attached hydrogen (secondary N) is 3. The third-order valence-corrected chi connectivity index (χ3v) is 5.33. The van der Waals surface area contributed by atoms with Crippen LogP contribution in [0.2, 0.25) is 0 Å². The SMILES string of the molecule is CC1=C(C(=O)Nc2nc3ccccc3s2)C(c2ccccc2)NC(=S)N1. The van der Waals surface area contributed by atoms with Gasteiger partial charge < -0.3 is 10.6 Å². The van der Waals surface area contributed by atoms with Gasteiger partial charge in [-0.25, -0.2) is 4.98 Å². The molecule has 1 aliphatic rings. The number of rotatable bonds is 3. The van der Waals surface area contributed by atoms with Gasteiger partial charge in [-0.1, -0.05) is 53.8 Å². The molecule has 0 saturated heterocycles. The maximum Gasteiger partial charge on any atom is 0.257 e. The van der Waals surface area contributed by atoms with Crippen LogP contribution in [-0.4, -0.2) is 16.0 Å². The smallest absolute Gasteiger partial charge is 0.257 e. The minimum Gasteiger partial charge on any atom is -0.351 e. The highest BCUT2D eigenvalue weighted by molar-refractivity contribution is 7.80. The van der Waals surface area contributed by atoms with Gasteiger partial charge in [-0.15, -0.1) is 0 Å². The summed E-state index contributed by atoms with van der Waals surface area (Å²) in [7, 11) is 0. The predicted octanol–water partition coefficient (Wildman–Crippen LogP) is 3.73. The van der Waals surface area contributed by atoms with Crippen molar-refractivity contribution in [2.24, 2.45) is 0 Å². The fourth-order valence-electron chi connectivity index (χ4n) is 2.98. The van der Waals surface area contributed by atoms with Crippen molar-refractivity contribution in [3.05, 3.63) is 71.4 Å². The largest absolute Gasteiger partial charge is 0.351 e. The molecule has 4 rings (SSSR count). The molecule has 26 heavy (non-hydrogen) atoms. The summed E-state index contributed by atoms with van der Waals surface area (Å²) in [5, 5.41) is 10.3. The van der Waals surface area contributed by atoms with Gasteiger partial charge in [-0.2, -0.15) is 0 Å². The van der Waals surface area contributed by atoms with E-state index >= 15 is 0 Å². The molecule has 5 nitrogen and oxygen atoms in total. The third kappa shape index (κ3) is 3.18. The van der Waals surface area contributed by atoms with Crippen LogP contribution in [0, 0.1) is 0 Å². The normalized spacial score (nSPS) is 17.0. The molecule has 0 fully saturated rings. The second-order valence-corrected chi connectivity index (χ2v) is 7.36. The summed E-state index contributed by atoms with van der Waals surface area (Å²) in [5.74, 6) is -0.196. The lowest BCUT2D eigenvalue weighted by Crippen LogP contribution is -2.45. The molecule has 1 unspecified atom stereocenters. The number of thiazole rings is 1. The highest BCUT2D eigenvalue weighted by Gasteiger charge is 2.30. The summed E-state index contributed by atoms with van der Waals surface area (Å²) in [6.07, 6.45) is 0. The van der Waals surface area contributed by atoms with Crippen LogP contribution in [0.15, 0.2) is 65.9 Å². The Morgan fingerprint density at radius 2 is 1.88 bits per heavy atom. The average molecular weight is 380 g/mol. The van der Waals surface area contributed by atoms with E-state index in [1.54, 1.807) is 0 Å².